The van der Waals surface area contributed by atoms with Crippen molar-refractivity contribution in [1.29, 1.82) is 0 Å². The first-order valence-corrected chi connectivity index (χ1v) is 9.25. The highest BCUT2D eigenvalue weighted by molar-refractivity contribution is 7.07. The van der Waals surface area contributed by atoms with Gasteiger partial charge in [-0.15, -0.1) is 0 Å². The van der Waals surface area contributed by atoms with Gasteiger partial charge >= 0.3 is 0 Å². The summed E-state index contributed by atoms with van der Waals surface area (Å²) < 4.78 is 0. The van der Waals surface area contributed by atoms with Crippen LogP contribution in [0.5, 0.6) is 0 Å². The quantitative estimate of drug-likeness (QED) is 0.743. The average Bonchev–Trinajstić information content (AvgIpc) is 3.04. The van der Waals surface area contributed by atoms with Crippen LogP contribution in [0.15, 0.2) is 41.1 Å². The molecule has 1 aromatic heterocycles. The van der Waals surface area contributed by atoms with Gasteiger partial charge in [-0.3, -0.25) is 9.59 Å². The lowest BCUT2D eigenvalue weighted by Gasteiger charge is -2.37. The van der Waals surface area contributed by atoms with Gasteiger partial charge in [0.15, 0.2) is 0 Å². The molecule has 1 saturated carbocycles. The number of hydrogen-bond donors (Lipinski definition) is 2. The summed E-state index contributed by atoms with van der Waals surface area (Å²) in [7, 11) is 0. The van der Waals surface area contributed by atoms with E-state index in [-0.39, 0.29) is 11.9 Å². The van der Waals surface area contributed by atoms with Crippen molar-refractivity contribution in [2.75, 3.05) is 0 Å². The molecule has 0 saturated heterocycles. The number of hydrogen-bond acceptors (Lipinski definition) is 3. The minimum absolute atomic E-state index is 0.129. The second kappa shape index (κ2) is 7.81. The maximum absolute atomic E-state index is 12.4. The maximum atomic E-state index is 12.4. The Morgan fingerprint density at radius 3 is 2.79 bits per heavy atom. The van der Waals surface area contributed by atoms with Crippen molar-refractivity contribution in [2.24, 2.45) is 0 Å². The van der Waals surface area contributed by atoms with Gasteiger partial charge in [-0.05, 0) is 52.8 Å². The highest BCUT2D eigenvalue weighted by atomic mass is 35.5. The van der Waals surface area contributed by atoms with Gasteiger partial charge in [0.1, 0.15) is 6.04 Å². The molecule has 1 heterocycles. The lowest BCUT2D eigenvalue weighted by molar-refractivity contribution is -0.126. The summed E-state index contributed by atoms with van der Waals surface area (Å²) in [4.78, 5) is 23.2. The topological polar surface area (TPSA) is 58.2 Å². The number of amides is 2. The number of thiophene rings is 1. The fourth-order valence-corrected chi connectivity index (χ4v) is 4.02. The molecule has 4 nitrogen and oxygen atoms in total. The molecule has 1 fully saturated rings. The van der Waals surface area contributed by atoms with Crippen LogP contribution in [0.4, 0.5) is 0 Å². The number of halogens is 1. The molecule has 0 radical (unpaired) electrons. The van der Waals surface area contributed by atoms with Crippen LogP contribution in [-0.4, -0.2) is 24.4 Å². The Balaban J connectivity index is 1.53. The Labute approximate surface area is 150 Å². The van der Waals surface area contributed by atoms with Crippen LogP contribution in [0.1, 0.15) is 29.9 Å². The maximum Gasteiger partial charge on any atom is 0.243 e. The molecular formula is C18H19ClN2O2S. The molecule has 6 heteroatoms. The summed E-state index contributed by atoms with van der Waals surface area (Å²) in [6.07, 6.45) is 2.85. The molecule has 3 rings (SSSR count). The standard InChI is InChI=1S/C18H19ClN2O2S/c19-16-4-2-1-3-15(16)13-8-14(9-13)21-18(23)17(20-11-22)7-12-5-6-24-10-12/h1-6,10-11,13-14,17H,7-9H2,(H,20,22)(H,21,23). The zero-order valence-corrected chi connectivity index (χ0v) is 14.6. The van der Waals surface area contributed by atoms with Gasteiger partial charge in [0.05, 0.1) is 0 Å². The summed E-state index contributed by atoms with van der Waals surface area (Å²) in [5, 5.41) is 10.4. The fourth-order valence-electron chi connectivity index (χ4n) is 3.05. The van der Waals surface area contributed by atoms with Gasteiger partial charge < -0.3 is 10.6 Å². The molecule has 0 spiro atoms. The van der Waals surface area contributed by atoms with Crippen LogP contribution in [0.25, 0.3) is 0 Å². The third kappa shape index (κ3) is 3.97. The summed E-state index contributed by atoms with van der Waals surface area (Å²) in [6.45, 7) is 0. The first-order chi connectivity index (χ1) is 11.7. The normalized spacial score (nSPS) is 20.7. The summed E-state index contributed by atoms with van der Waals surface area (Å²) in [5.41, 5.74) is 2.20. The van der Waals surface area contributed by atoms with E-state index < -0.39 is 6.04 Å². The van der Waals surface area contributed by atoms with Crippen LogP contribution in [0.2, 0.25) is 5.02 Å². The van der Waals surface area contributed by atoms with Crippen molar-refractivity contribution in [2.45, 2.75) is 37.3 Å². The number of rotatable bonds is 7. The van der Waals surface area contributed by atoms with Gasteiger partial charge in [0.2, 0.25) is 12.3 Å². The second-order valence-corrected chi connectivity index (χ2v) is 7.26. The van der Waals surface area contributed by atoms with Gasteiger partial charge in [-0.1, -0.05) is 29.8 Å². The molecule has 2 amide bonds. The molecule has 1 aliphatic rings. The number of benzene rings is 1. The highest BCUT2D eigenvalue weighted by Crippen LogP contribution is 2.39. The average molecular weight is 363 g/mol. The van der Waals surface area contributed by atoms with Crippen molar-refractivity contribution >= 4 is 35.3 Å². The molecule has 24 heavy (non-hydrogen) atoms. The fraction of sp³-hybridized carbons (Fsp3) is 0.333. The van der Waals surface area contributed by atoms with Crippen molar-refractivity contribution in [1.82, 2.24) is 10.6 Å². The summed E-state index contributed by atoms with van der Waals surface area (Å²) in [5.74, 6) is 0.259. The largest absolute Gasteiger partial charge is 0.352 e. The predicted molar refractivity (Wildman–Crippen MR) is 96.4 cm³/mol. The van der Waals surface area contributed by atoms with Gasteiger partial charge in [-0.2, -0.15) is 11.3 Å². The van der Waals surface area contributed by atoms with Crippen LogP contribution in [0, 0.1) is 0 Å². The monoisotopic (exact) mass is 362 g/mol. The van der Waals surface area contributed by atoms with E-state index in [0.717, 1.165) is 29.0 Å². The molecule has 0 bridgehead atoms. The van der Waals surface area contributed by atoms with Crippen molar-refractivity contribution < 1.29 is 9.59 Å². The molecule has 2 aromatic rings. The first-order valence-electron chi connectivity index (χ1n) is 7.93. The highest BCUT2D eigenvalue weighted by Gasteiger charge is 2.33. The van der Waals surface area contributed by atoms with E-state index in [2.05, 4.69) is 10.6 Å². The van der Waals surface area contributed by atoms with Crippen molar-refractivity contribution in [3.8, 4) is 0 Å². The van der Waals surface area contributed by atoms with Crippen LogP contribution >= 0.6 is 22.9 Å². The molecule has 126 valence electrons. The molecule has 1 unspecified atom stereocenters. The van der Waals surface area contributed by atoms with Crippen LogP contribution in [0.3, 0.4) is 0 Å². The third-order valence-electron chi connectivity index (χ3n) is 4.44. The Bertz CT molecular complexity index is 699. The van der Waals surface area contributed by atoms with Crippen LogP contribution < -0.4 is 10.6 Å². The Morgan fingerprint density at radius 1 is 1.33 bits per heavy atom. The molecule has 1 atom stereocenters. The molecule has 2 N–H and O–H groups in total. The molecule has 1 aliphatic carbocycles. The third-order valence-corrected chi connectivity index (χ3v) is 5.51. The van der Waals surface area contributed by atoms with Crippen molar-refractivity contribution in [3.63, 3.8) is 0 Å². The van der Waals surface area contributed by atoms with E-state index in [1.165, 1.54) is 0 Å². The molecular weight excluding hydrogens is 344 g/mol. The van der Waals surface area contributed by atoms with Gasteiger partial charge in [0.25, 0.3) is 0 Å². The Kier molecular flexibility index (Phi) is 5.53. The zero-order chi connectivity index (χ0) is 16.9. The minimum Gasteiger partial charge on any atom is -0.352 e. The second-order valence-electron chi connectivity index (χ2n) is 6.07. The number of nitrogens with one attached hydrogen (secondary N) is 2. The van der Waals surface area contributed by atoms with E-state index in [0.29, 0.717) is 18.7 Å². The smallest absolute Gasteiger partial charge is 0.243 e. The Morgan fingerprint density at radius 2 is 2.12 bits per heavy atom. The SMILES string of the molecule is O=CNC(Cc1ccsc1)C(=O)NC1CC(c2ccccc2Cl)C1. The van der Waals surface area contributed by atoms with E-state index in [1.54, 1.807) is 11.3 Å². The number of carbonyl (C=O) groups is 2. The summed E-state index contributed by atoms with van der Waals surface area (Å²) >= 11 is 7.80. The van der Waals surface area contributed by atoms with E-state index in [9.17, 15) is 9.59 Å². The first kappa shape index (κ1) is 17.0. The lowest BCUT2D eigenvalue weighted by atomic mass is 9.75. The van der Waals surface area contributed by atoms with E-state index in [4.69, 9.17) is 11.6 Å². The molecule has 1 aromatic carbocycles. The number of carbonyl (C=O) groups excluding carboxylic acids is 2. The van der Waals surface area contributed by atoms with E-state index >= 15 is 0 Å². The Hall–Kier alpha value is -1.85. The minimum atomic E-state index is -0.531. The zero-order valence-electron chi connectivity index (χ0n) is 13.1. The van der Waals surface area contributed by atoms with E-state index in [1.807, 2.05) is 41.1 Å². The summed E-state index contributed by atoms with van der Waals surface area (Å²) in [6, 6.07) is 9.41. The van der Waals surface area contributed by atoms with Gasteiger partial charge in [0, 0.05) is 17.5 Å². The lowest BCUT2D eigenvalue weighted by Crippen LogP contribution is -2.51. The molecule has 0 aliphatic heterocycles. The predicted octanol–water partition coefficient (Wildman–Crippen LogP) is 3.12. The van der Waals surface area contributed by atoms with Crippen LogP contribution in [-0.2, 0) is 16.0 Å². The van der Waals surface area contributed by atoms with Gasteiger partial charge in [-0.25, -0.2) is 0 Å². The van der Waals surface area contributed by atoms with Crippen molar-refractivity contribution in [3.05, 3.63) is 57.2 Å².